The topological polar surface area (TPSA) is 148 Å². The highest BCUT2D eigenvalue weighted by Gasteiger charge is 2.33. The zero-order chi connectivity index (χ0) is 105. The van der Waals surface area contributed by atoms with Gasteiger partial charge in [-0.25, -0.2) is 49.8 Å². The quantitative estimate of drug-likeness (QED) is 0.0908. The monoisotopic (exact) mass is 1950 g/mol. The molecular weight excluding hydrogens is 1810 g/mol. The second-order valence-electron chi connectivity index (χ2n) is 43.5. The van der Waals surface area contributed by atoms with Gasteiger partial charge in [-0.2, -0.15) is 22.8 Å². The first-order valence-electron chi connectivity index (χ1n) is 52.4. The summed E-state index contributed by atoms with van der Waals surface area (Å²) in [5.41, 5.74) is 43.3. The molecule has 0 N–H and O–H groups in total. The maximum Gasteiger partial charge on any atom is 0.221 e. The van der Waals surface area contributed by atoms with Crippen molar-refractivity contribution in [1.29, 1.82) is 0 Å². The van der Waals surface area contributed by atoms with E-state index in [4.69, 9.17) is 29.9 Å². The van der Waals surface area contributed by atoms with Crippen LogP contribution in [0.2, 0.25) is 0 Å². The summed E-state index contributed by atoms with van der Waals surface area (Å²) >= 11 is 0. The smallest absolute Gasteiger partial charge is 0.221 e. The Bertz CT molecular complexity index is 8400. The summed E-state index contributed by atoms with van der Waals surface area (Å²) < 4.78 is 11.3. The lowest BCUT2D eigenvalue weighted by atomic mass is 9.90. The molecule has 0 aliphatic heterocycles. The molecule has 15 heteroatoms. The van der Waals surface area contributed by atoms with Gasteiger partial charge in [0.2, 0.25) is 28.5 Å². The second kappa shape index (κ2) is 44.1. The van der Waals surface area contributed by atoms with Gasteiger partial charge in [-0.15, -0.1) is 0 Å². The predicted octanol–water partition coefficient (Wildman–Crippen LogP) is 29.4. The standard InChI is InChI=1S/C28H30N3.C28H32N3.C27H30N3.C26H28N3.C24H24N3/c1-18-13-19(2)20(3)25(14-18)27-26(24-12-8-7-11-22(24)17-31(27)4)23-15-29-28(30-16-23)21-9-5-6-10-21;1-18-12-19(2)20(3)24(13-18)27-26(23-11-9-8-10-21(23)17-31(27)7)22-15-29-25(30-16-22)14-28(4,5)6;1-17(2)11-25-28-14-22(15-29-25)26-23-10-8-7-9-21(23)16-30(6)27(26)24-13-18(3)12-19(4)20(24)5;1-16(2)26-27-13-21(14-28-26)24-22-10-8-7-9-20(22)15-29(6)25(24)23-12-17(3)11-18(4)19(23)5;1-15-10-16(2)17(3)22(11-15)24-23(20-12-25-18(4)26-13-20)21-9-7-6-8-19(21)14-27(24)5/h7-8,11-17,21H,5-6,9-10H2,1-4H3;8-13,15-17H,14H2,1-7H3;7-10,12-17H,11H2,1-6H3;7-16H,1-6H3;6-14H,1-5H3/q5*+1. The van der Waals surface area contributed by atoms with E-state index in [1.165, 1.54) is 247 Å². The molecule has 21 rings (SSSR count). The van der Waals surface area contributed by atoms with Gasteiger partial charge in [-0.3, -0.25) is 0 Å². The average molecular weight is 1950 g/mol. The fourth-order valence-electron chi connectivity index (χ4n) is 21.7. The molecule has 1 fully saturated rings. The van der Waals surface area contributed by atoms with E-state index in [9.17, 15) is 0 Å². The first-order chi connectivity index (χ1) is 70.8. The summed E-state index contributed by atoms with van der Waals surface area (Å²) in [6, 6.07) is 65.6. The van der Waals surface area contributed by atoms with Gasteiger partial charge in [-0.05, 0) is 251 Å². The van der Waals surface area contributed by atoms with Crippen LogP contribution in [-0.2, 0) is 48.1 Å². The first kappa shape index (κ1) is 104. The number of fused-ring (bicyclic) bond motifs is 5. The van der Waals surface area contributed by atoms with E-state index in [-0.39, 0.29) is 5.41 Å². The lowest BCUT2D eigenvalue weighted by molar-refractivity contribution is -0.658. The summed E-state index contributed by atoms with van der Waals surface area (Å²) in [5.74, 6) is 5.85. The van der Waals surface area contributed by atoms with E-state index in [1.807, 2.05) is 68.9 Å². The van der Waals surface area contributed by atoms with Gasteiger partial charge >= 0.3 is 0 Å². The largest absolute Gasteiger partial charge is 0.241 e. The Labute approximate surface area is 876 Å². The minimum Gasteiger partial charge on any atom is -0.241 e. The Morgan fingerprint density at radius 2 is 0.514 bits per heavy atom. The van der Waals surface area contributed by atoms with Crippen molar-refractivity contribution in [2.75, 3.05) is 0 Å². The summed E-state index contributed by atoms with van der Waals surface area (Å²) in [5, 5.41) is 12.2. The minimum absolute atomic E-state index is 0.161. The Hall–Kier alpha value is -15.4. The van der Waals surface area contributed by atoms with Gasteiger partial charge in [0.1, 0.15) is 64.4 Å². The molecule has 15 nitrogen and oxygen atoms in total. The van der Waals surface area contributed by atoms with Crippen molar-refractivity contribution in [3.05, 3.63) is 388 Å². The maximum atomic E-state index is 4.85. The van der Waals surface area contributed by atoms with Crippen LogP contribution in [0.3, 0.4) is 0 Å². The molecule has 746 valence electrons. The van der Waals surface area contributed by atoms with E-state index < -0.39 is 0 Å². The molecule has 148 heavy (non-hydrogen) atoms. The third-order valence-corrected chi connectivity index (χ3v) is 29.6. The molecule has 0 bridgehead atoms. The van der Waals surface area contributed by atoms with Crippen LogP contribution in [0.4, 0.5) is 0 Å². The van der Waals surface area contributed by atoms with Crippen LogP contribution in [0.5, 0.6) is 0 Å². The molecule has 1 aliphatic carbocycles. The van der Waals surface area contributed by atoms with Crippen LogP contribution in [0.1, 0.15) is 199 Å². The van der Waals surface area contributed by atoms with E-state index in [2.05, 4.69) is 443 Å². The number of aromatic nitrogens is 15. The molecule has 10 heterocycles. The molecule has 0 saturated heterocycles. The number of nitrogens with zero attached hydrogens (tertiary/aromatic N) is 15. The average Bonchev–Trinajstić information content (AvgIpc) is 0.781. The third-order valence-electron chi connectivity index (χ3n) is 29.6. The summed E-state index contributed by atoms with van der Waals surface area (Å²) in [7, 11) is 10.7. The molecule has 1 aliphatic rings. The minimum atomic E-state index is 0.161. The van der Waals surface area contributed by atoms with Gasteiger partial charge in [-0.1, -0.05) is 210 Å². The van der Waals surface area contributed by atoms with Gasteiger partial charge < -0.3 is 0 Å². The zero-order valence-electron chi connectivity index (χ0n) is 92.2. The van der Waals surface area contributed by atoms with Gasteiger partial charge in [0, 0.05) is 168 Å². The Kier molecular flexibility index (Phi) is 31.0. The van der Waals surface area contributed by atoms with Crippen LogP contribution in [0.15, 0.2) is 275 Å². The number of hydrogen-bond donors (Lipinski definition) is 0. The fraction of sp³-hybridized carbons (Fsp3) is 0.286. The lowest BCUT2D eigenvalue weighted by Crippen LogP contribution is -2.32. The van der Waals surface area contributed by atoms with E-state index in [0.29, 0.717) is 17.8 Å². The number of benzene rings is 10. The highest BCUT2D eigenvalue weighted by molar-refractivity contribution is 6.06. The van der Waals surface area contributed by atoms with Crippen molar-refractivity contribution >= 4 is 53.9 Å². The SMILES string of the molecule is Cc1cc(C)c(C)c(-c2c(-c3cnc(C(C)C)nc3)c3ccccc3c[n+]2C)c1.Cc1cc(C)c(C)c(-c2c(-c3cnc(C)nc3)c3ccccc3c[n+]2C)c1.Cc1cc(C)c(C)c(-c2c(-c3cnc(C4CCCC4)nc3)c3ccccc3c[n+]2C)c1.Cc1cc(C)c(C)c(-c2c(-c3cnc(CC(C)(C)C)nc3)c3ccccc3c[n+]2C)c1.Cc1cc(C)c(C)c(-c2c(-c3cnc(CC(C)C)nc3)c3ccccc3c[n+]2C)c1. The van der Waals surface area contributed by atoms with Crippen LogP contribution in [0.25, 0.3) is 166 Å². The molecule has 0 radical (unpaired) electrons. The van der Waals surface area contributed by atoms with Crippen LogP contribution in [-0.4, -0.2) is 49.8 Å². The molecule has 0 spiro atoms. The van der Waals surface area contributed by atoms with E-state index in [1.54, 1.807) is 0 Å². The van der Waals surface area contributed by atoms with Crippen molar-refractivity contribution in [2.45, 2.75) is 210 Å². The van der Waals surface area contributed by atoms with Crippen molar-refractivity contribution in [2.24, 2.45) is 46.6 Å². The number of pyridine rings is 5. The molecule has 10 aromatic heterocycles. The Balaban J connectivity index is 0.000000126. The number of hydrogen-bond acceptors (Lipinski definition) is 10. The molecule has 1 saturated carbocycles. The molecule has 0 amide bonds. The highest BCUT2D eigenvalue weighted by atomic mass is 15.0. The van der Waals surface area contributed by atoms with Crippen LogP contribution in [0, 0.1) is 122 Å². The Morgan fingerprint density at radius 3 is 0.757 bits per heavy atom. The van der Waals surface area contributed by atoms with Crippen molar-refractivity contribution in [3.63, 3.8) is 0 Å². The maximum absolute atomic E-state index is 4.85. The first-order valence-corrected chi connectivity index (χ1v) is 52.4. The van der Waals surface area contributed by atoms with E-state index >= 15 is 0 Å². The molecule has 0 unspecified atom stereocenters. The van der Waals surface area contributed by atoms with Crippen LogP contribution >= 0.6 is 0 Å². The number of aryl methyl sites for hydroxylation is 16. The Morgan fingerprint density at radius 1 is 0.284 bits per heavy atom. The van der Waals surface area contributed by atoms with Crippen molar-refractivity contribution < 1.29 is 22.8 Å². The second-order valence-corrected chi connectivity index (χ2v) is 43.5. The third kappa shape index (κ3) is 22.3. The molecule has 20 aromatic rings. The predicted molar refractivity (Wildman–Crippen MR) is 611 cm³/mol. The van der Waals surface area contributed by atoms with Crippen LogP contribution < -0.4 is 22.8 Å². The normalized spacial score (nSPS) is 12.1. The van der Waals surface area contributed by atoms with Gasteiger partial charge in [0.25, 0.3) is 0 Å². The van der Waals surface area contributed by atoms with Crippen molar-refractivity contribution in [1.82, 2.24) is 49.8 Å². The highest BCUT2D eigenvalue weighted by Crippen LogP contribution is 2.46. The summed E-state index contributed by atoms with van der Waals surface area (Å²) in [6.07, 6.45) is 37.8. The molecular formula is C133H144N15+5. The number of rotatable bonds is 15. The summed E-state index contributed by atoms with van der Waals surface area (Å²) in [4.78, 5) is 46.8. The van der Waals surface area contributed by atoms with E-state index in [0.717, 1.165) is 69.8 Å². The molecule has 10 aromatic carbocycles. The fourth-order valence-corrected chi connectivity index (χ4v) is 21.7. The van der Waals surface area contributed by atoms with Crippen molar-refractivity contribution in [3.8, 4) is 112 Å². The van der Waals surface area contributed by atoms with Gasteiger partial charge in [0.05, 0.1) is 55.6 Å². The zero-order valence-corrected chi connectivity index (χ0v) is 92.2. The lowest BCUT2D eigenvalue weighted by Gasteiger charge is -2.17. The molecule has 0 atom stereocenters. The van der Waals surface area contributed by atoms with Gasteiger partial charge in [0.15, 0.2) is 31.0 Å². The summed E-state index contributed by atoms with van der Waals surface area (Å²) in [6.45, 7) is 50.1.